The number of nitrogens with one attached hydrogen (secondary N) is 1. The van der Waals surface area contributed by atoms with Gasteiger partial charge in [-0.3, -0.25) is 14.9 Å². The molecule has 0 aromatic heterocycles. The zero-order valence-electron chi connectivity index (χ0n) is 14.0. The van der Waals surface area contributed by atoms with Crippen LogP contribution in [0.3, 0.4) is 0 Å². The fourth-order valence-electron chi connectivity index (χ4n) is 1.98. The largest absolute Gasteiger partial charge is 0.491 e. The van der Waals surface area contributed by atoms with Gasteiger partial charge in [0.1, 0.15) is 5.75 Å². The minimum absolute atomic E-state index is 0.0312. The van der Waals surface area contributed by atoms with Gasteiger partial charge in [0.05, 0.1) is 11.7 Å². The molecule has 0 radical (unpaired) electrons. The van der Waals surface area contributed by atoms with E-state index in [1.165, 1.54) is 0 Å². The van der Waals surface area contributed by atoms with Crippen LogP contribution in [0.15, 0.2) is 54.6 Å². The highest BCUT2D eigenvalue weighted by atomic mass is 16.5. The molecule has 2 amide bonds. The zero-order valence-corrected chi connectivity index (χ0v) is 14.0. The average Bonchev–Trinajstić information content (AvgIpc) is 2.60. The van der Waals surface area contributed by atoms with Crippen molar-refractivity contribution in [1.29, 1.82) is 0 Å². The Bertz CT molecular complexity index is 738. The molecule has 0 aliphatic rings. The Morgan fingerprint density at radius 1 is 0.920 bits per heavy atom. The Balaban J connectivity index is 1.83. The highest BCUT2D eigenvalue weighted by molar-refractivity contribution is 6.05. The van der Waals surface area contributed by atoms with Crippen LogP contribution in [0.1, 0.15) is 34.6 Å². The molecule has 0 aliphatic carbocycles. The second kappa shape index (κ2) is 8.63. The molecule has 0 fully saturated rings. The van der Waals surface area contributed by atoms with Crippen molar-refractivity contribution in [3.05, 3.63) is 65.7 Å². The molecule has 25 heavy (non-hydrogen) atoms. The predicted octanol–water partition coefficient (Wildman–Crippen LogP) is 2.59. The average molecular weight is 341 g/mol. The molecule has 0 bridgehead atoms. The van der Waals surface area contributed by atoms with E-state index < -0.39 is 24.4 Å². The first kappa shape index (κ1) is 18.2. The van der Waals surface area contributed by atoms with E-state index in [9.17, 15) is 14.4 Å². The van der Waals surface area contributed by atoms with Gasteiger partial charge in [-0.15, -0.1) is 0 Å². The molecule has 0 heterocycles. The summed E-state index contributed by atoms with van der Waals surface area (Å²) in [5, 5.41) is 2.16. The van der Waals surface area contributed by atoms with Crippen molar-refractivity contribution in [2.75, 3.05) is 6.61 Å². The first-order valence-electron chi connectivity index (χ1n) is 7.79. The lowest BCUT2D eigenvalue weighted by atomic mass is 10.2. The number of hydrogen-bond acceptors (Lipinski definition) is 5. The molecular formula is C19H19NO5. The minimum atomic E-state index is -0.693. The molecular weight excluding hydrogens is 322 g/mol. The molecule has 0 saturated heterocycles. The van der Waals surface area contributed by atoms with Crippen molar-refractivity contribution in [2.24, 2.45) is 0 Å². The molecule has 6 heteroatoms. The maximum absolute atomic E-state index is 11.9. The number of carbonyl (C=O) groups is 3. The molecule has 2 aromatic carbocycles. The van der Waals surface area contributed by atoms with Gasteiger partial charge in [-0.1, -0.05) is 18.2 Å². The summed E-state index contributed by atoms with van der Waals surface area (Å²) in [4.78, 5) is 35.4. The molecule has 130 valence electrons. The van der Waals surface area contributed by atoms with E-state index in [4.69, 9.17) is 9.47 Å². The molecule has 1 N–H and O–H groups in total. The summed E-state index contributed by atoms with van der Waals surface area (Å²) in [5.41, 5.74) is 0.640. The van der Waals surface area contributed by atoms with E-state index in [1.807, 2.05) is 13.8 Å². The van der Waals surface area contributed by atoms with Crippen LogP contribution in [0.4, 0.5) is 0 Å². The Labute approximate surface area is 145 Å². The summed E-state index contributed by atoms with van der Waals surface area (Å²) in [6.45, 7) is 3.26. The molecule has 2 rings (SSSR count). The van der Waals surface area contributed by atoms with E-state index >= 15 is 0 Å². The van der Waals surface area contributed by atoms with Gasteiger partial charge in [-0.25, -0.2) is 4.79 Å². The van der Waals surface area contributed by atoms with Gasteiger partial charge in [0.15, 0.2) is 6.61 Å². The zero-order chi connectivity index (χ0) is 18.2. The number of rotatable bonds is 6. The third kappa shape index (κ3) is 5.76. The highest BCUT2D eigenvalue weighted by Gasteiger charge is 2.13. The summed E-state index contributed by atoms with van der Waals surface area (Å²) in [6, 6.07) is 14.7. The van der Waals surface area contributed by atoms with Crippen molar-refractivity contribution < 1.29 is 23.9 Å². The number of imide groups is 1. The third-order valence-corrected chi connectivity index (χ3v) is 3.09. The summed E-state index contributed by atoms with van der Waals surface area (Å²) in [5.74, 6) is -1.25. The van der Waals surface area contributed by atoms with Crippen LogP contribution >= 0.6 is 0 Å². The monoisotopic (exact) mass is 341 g/mol. The minimum Gasteiger partial charge on any atom is -0.491 e. The summed E-state index contributed by atoms with van der Waals surface area (Å²) >= 11 is 0. The van der Waals surface area contributed by atoms with Crippen LogP contribution in [0.2, 0.25) is 0 Å². The van der Waals surface area contributed by atoms with Gasteiger partial charge in [0.25, 0.3) is 11.8 Å². The molecule has 6 nitrogen and oxygen atoms in total. The van der Waals surface area contributed by atoms with E-state index in [0.717, 1.165) is 0 Å². The standard InChI is InChI=1S/C19H19NO5/c1-13(2)25-16-10-8-15(9-11-16)19(23)24-12-17(21)20-18(22)14-6-4-3-5-7-14/h3-11,13H,12H2,1-2H3,(H,20,21,22). The molecule has 0 atom stereocenters. The van der Waals surface area contributed by atoms with Crippen LogP contribution in [0.25, 0.3) is 0 Å². The second-order valence-corrected chi connectivity index (χ2v) is 5.51. The van der Waals surface area contributed by atoms with Crippen LogP contribution < -0.4 is 10.1 Å². The molecule has 0 saturated carbocycles. The summed E-state index contributed by atoms with van der Waals surface area (Å²) < 4.78 is 10.4. The lowest BCUT2D eigenvalue weighted by Gasteiger charge is -2.10. The number of carbonyl (C=O) groups excluding carboxylic acids is 3. The third-order valence-electron chi connectivity index (χ3n) is 3.09. The van der Waals surface area contributed by atoms with Crippen LogP contribution in [0.5, 0.6) is 5.75 Å². The first-order chi connectivity index (χ1) is 12.0. The van der Waals surface area contributed by atoms with E-state index in [-0.39, 0.29) is 6.10 Å². The predicted molar refractivity (Wildman–Crippen MR) is 91.4 cm³/mol. The lowest BCUT2D eigenvalue weighted by Crippen LogP contribution is -2.34. The van der Waals surface area contributed by atoms with E-state index in [1.54, 1.807) is 54.6 Å². The molecule has 0 aliphatic heterocycles. The number of esters is 1. The number of ether oxygens (including phenoxy) is 2. The van der Waals surface area contributed by atoms with Gasteiger partial charge in [-0.2, -0.15) is 0 Å². The maximum Gasteiger partial charge on any atom is 0.338 e. The smallest absolute Gasteiger partial charge is 0.338 e. The summed E-state index contributed by atoms with van der Waals surface area (Å²) in [6.07, 6.45) is 0.0312. The highest BCUT2D eigenvalue weighted by Crippen LogP contribution is 2.14. The fraction of sp³-hybridized carbons (Fsp3) is 0.211. The topological polar surface area (TPSA) is 81.7 Å². The van der Waals surface area contributed by atoms with Crippen molar-refractivity contribution >= 4 is 17.8 Å². The van der Waals surface area contributed by atoms with E-state index in [0.29, 0.717) is 16.9 Å². The van der Waals surface area contributed by atoms with Gasteiger partial charge in [-0.05, 0) is 50.2 Å². The van der Waals surface area contributed by atoms with Crippen molar-refractivity contribution in [1.82, 2.24) is 5.32 Å². The quantitative estimate of drug-likeness (QED) is 0.817. The first-order valence-corrected chi connectivity index (χ1v) is 7.79. The Hall–Kier alpha value is -3.15. The number of hydrogen-bond donors (Lipinski definition) is 1. The Morgan fingerprint density at radius 3 is 2.16 bits per heavy atom. The Morgan fingerprint density at radius 2 is 1.56 bits per heavy atom. The SMILES string of the molecule is CC(C)Oc1ccc(C(=O)OCC(=O)NC(=O)c2ccccc2)cc1. The normalized spacial score (nSPS) is 10.2. The van der Waals surface area contributed by atoms with Gasteiger partial charge >= 0.3 is 5.97 Å². The van der Waals surface area contributed by atoms with Crippen molar-refractivity contribution in [2.45, 2.75) is 20.0 Å². The number of benzene rings is 2. The van der Waals surface area contributed by atoms with Crippen LogP contribution in [-0.4, -0.2) is 30.5 Å². The molecule has 0 unspecified atom stereocenters. The van der Waals surface area contributed by atoms with Crippen LogP contribution in [-0.2, 0) is 9.53 Å². The van der Waals surface area contributed by atoms with Gasteiger partial charge in [0.2, 0.25) is 0 Å². The molecule has 0 spiro atoms. The van der Waals surface area contributed by atoms with Crippen molar-refractivity contribution in [3.8, 4) is 5.75 Å². The van der Waals surface area contributed by atoms with Gasteiger partial charge in [0, 0.05) is 5.56 Å². The van der Waals surface area contributed by atoms with E-state index in [2.05, 4.69) is 5.32 Å². The maximum atomic E-state index is 11.9. The van der Waals surface area contributed by atoms with Crippen LogP contribution in [0, 0.1) is 0 Å². The summed E-state index contributed by atoms with van der Waals surface area (Å²) in [7, 11) is 0. The van der Waals surface area contributed by atoms with Gasteiger partial charge < -0.3 is 9.47 Å². The number of amides is 2. The molecule has 2 aromatic rings. The second-order valence-electron chi connectivity index (χ2n) is 5.51. The Kier molecular flexibility index (Phi) is 6.28. The fourth-order valence-corrected chi connectivity index (χ4v) is 1.98. The van der Waals surface area contributed by atoms with Crippen molar-refractivity contribution in [3.63, 3.8) is 0 Å². The lowest BCUT2D eigenvalue weighted by molar-refractivity contribution is -0.123.